The Hall–Kier alpha value is -2.12. The summed E-state index contributed by atoms with van der Waals surface area (Å²) in [5.41, 5.74) is 5.08. The quantitative estimate of drug-likeness (QED) is 0.718. The maximum atomic E-state index is 12.8. The Balaban J connectivity index is 0.00000729. The number of para-hydroxylation sites is 1. The van der Waals surface area contributed by atoms with Gasteiger partial charge in [0.1, 0.15) is 17.7 Å². The highest BCUT2D eigenvalue weighted by Crippen LogP contribution is 2.17. The maximum absolute atomic E-state index is 12.8. The van der Waals surface area contributed by atoms with Crippen molar-refractivity contribution < 1.29 is 23.9 Å². The summed E-state index contributed by atoms with van der Waals surface area (Å²) in [6, 6.07) is 7.50. The number of benzene rings is 1. The van der Waals surface area contributed by atoms with Crippen LogP contribution in [-0.2, 0) is 23.9 Å². The van der Waals surface area contributed by atoms with Crippen LogP contribution < -0.4 is 10.6 Å². The number of hydrogen-bond donors (Lipinski definition) is 1. The number of anilines is 1. The topological polar surface area (TPSA) is 98.9 Å². The summed E-state index contributed by atoms with van der Waals surface area (Å²) in [7, 11) is 0. The minimum absolute atomic E-state index is 0. The van der Waals surface area contributed by atoms with Gasteiger partial charge in [0.2, 0.25) is 5.91 Å². The van der Waals surface area contributed by atoms with Gasteiger partial charge in [-0.3, -0.25) is 19.3 Å². The molecule has 0 fully saturated rings. The molecule has 0 saturated carbocycles. The van der Waals surface area contributed by atoms with Crippen LogP contribution >= 0.6 is 12.4 Å². The molecule has 0 heterocycles. The van der Waals surface area contributed by atoms with E-state index in [9.17, 15) is 14.4 Å². The number of ether oxygens (including phenoxy) is 2. The second kappa shape index (κ2) is 10.4. The first kappa shape index (κ1) is 25.9. The molecule has 0 bridgehead atoms. The number of carbonyl (C=O) groups is 3. The first-order valence-corrected chi connectivity index (χ1v) is 8.84. The van der Waals surface area contributed by atoms with E-state index in [1.165, 1.54) is 4.90 Å². The number of esters is 2. The van der Waals surface area contributed by atoms with Gasteiger partial charge in [-0.1, -0.05) is 18.2 Å². The van der Waals surface area contributed by atoms with E-state index in [1.54, 1.807) is 71.9 Å². The Labute approximate surface area is 173 Å². The van der Waals surface area contributed by atoms with Crippen LogP contribution in [0.5, 0.6) is 0 Å². The molecule has 0 aliphatic carbocycles. The van der Waals surface area contributed by atoms with Gasteiger partial charge in [-0.15, -0.1) is 12.4 Å². The summed E-state index contributed by atoms with van der Waals surface area (Å²) in [6.45, 7) is 10.1. The lowest BCUT2D eigenvalue weighted by Gasteiger charge is -2.27. The van der Waals surface area contributed by atoms with Crippen molar-refractivity contribution in [2.45, 2.75) is 65.2 Å². The number of amides is 1. The smallest absolute Gasteiger partial charge is 0.326 e. The number of nitrogens with two attached hydrogens (primary N) is 1. The number of nitrogens with zero attached hydrogens (tertiary/aromatic N) is 1. The highest BCUT2D eigenvalue weighted by molar-refractivity contribution is 6.02. The van der Waals surface area contributed by atoms with E-state index in [2.05, 4.69) is 0 Å². The summed E-state index contributed by atoms with van der Waals surface area (Å²) in [5.74, 6) is -1.70. The van der Waals surface area contributed by atoms with Gasteiger partial charge in [-0.05, 0) is 53.7 Å². The fourth-order valence-corrected chi connectivity index (χ4v) is 2.26. The van der Waals surface area contributed by atoms with Crippen LogP contribution in [0.4, 0.5) is 5.69 Å². The number of hydrogen-bond acceptors (Lipinski definition) is 6. The molecule has 0 aromatic heterocycles. The minimum Gasteiger partial charge on any atom is -0.460 e. The zero-order valence-electron chi connectivity index (χ0n) is 17.4. The third-order valence-electron chi connectivity index (χ3n) is 3.16. The highest BCUT2D eigenvalue weighted by atomic mass is 35.5. The summed E-state index contributed by atoms with van der Waals surface area (Å²) < 4.78 is 10.5. The van der Waals surface area contributed by atoms with E-state index in [-0.39, 0.29) is 25.4 Å². The van der Waals surface area contributed by atoms with Crippen molar-refractivity contribution in [3.8, 4) is 0 Å². The fraction of sp³-hybridized carbons (Fsp3) is 0.550. The number of rotatable bonds is 6. The van der Waals surface area contributed by atoms with Crippen molar-refractivity contribution in [2.75, 3.05) is 11.4 Å². The molecule has 28 heavy (non-hydrogen) atoms. The van der Waals surface area contributed by atoms with Gasteiger partial charge >= 0.3 is 11.9 Å². The molecule has 0 spiro atoms. The molecular weight excluding hydrogens is 384 g/mol. The van der Waals surface area contributed by atoms with Crippen molar-refractivity contribution in [2.24, 2.45) is 5.73 Å². The lowest BCUT2D eigenvalue weighted by atomic mass is 10.1. The normalized spacial score (nSPS) is 12.4. The van der Waals surface area contributed by atoms with Crippen LogP contribution in [0.1, 0.15) is 48.0 Å². The van der Waals surface area contributed by atoms with Crippen LogP contribution in [0, 0.1) is 0 Å². The summed E-state index contributed by atoms with van der Waals surface area (Å²) >= 11 is 0. The molecule has 1 amide bonds. The zero-order chi connectivity index (χ0) is 20.8. The lowest BCUT2D eigenvalue weighted by molar-refractivity contribution is -0.156. The van der Waals surface area contributed by atoms with Crippen molar-refractivity contribution in [1.29, 1.82) is 0 Å². The van der Waals surface area contributed by atoms with Crippen molar-refractivity contribution in [3.05, 3.63) is 30.3 Å². The van der Waals surface area contributed by atoms with E-state index >= 15 is 0 Å². The maximum Gasteiger partial charge on any atom is 0.326 e. The van der Waals surface area contributed by atoms with Crippen LogP contribution in [0.2, 0.25) is 0 Å². The van der Waals surface area contributed by atoms with Gasteiger partial charge in [0.05, 0.1) is 12.5 Å². The first-order valence-electron chi connectivity index (χ1n) is 8.84. The molecule has 0 aliphatic heterocycles. The molecule has 8 heteroatoms. The Bertz CT molecular complexity index is 665. The summed E-state index contributed by atoms with van der Waals surface area (Å²) in [6.07, 6.45) is -0.284. The van der Waals surface area contributed by atoms with Gasteiger partial charge < -0.3 is 15.2 Å². The summed E-state index contributed by atoms with van der Waals surface area (Å²) in [4.78, 5) is 38.3. The van der Waals surface area contributed by atoms with Gasteiger partial charge in [0.25, 0.3) is 0 Å². The monoisotopic (exact) mass is 414 g/mol. The van der Waals surface area contributed by atoms with E-state index in [0.29, 0.717) is 5.69 Å². The van der Waals surface area contributed by atoms with Crippen LogP contribution in [-0.4, -0.2) is 41.6 Å². The van der Waals surface area contributed by atoms with E-state index in [4.69, 9.17) is 15.2 Å². The van der Waals surface area contributed by atoms with E-state index in [0.717, 1.165) is 0 Å². The molecule has 2 N–H and O–H groups in total. The third-order valence-corrected chi connectivity index (χ3v) is 3.16. The zero-order valence-corrected chi connectivity index (χ0v) is 18.2. The van der Waals surface area contributed by atoms with Crippen molar-refractivity contribution in [1.82, 2.24) is 0 Å². The number of halogens is 1. The Morgan fingerprint density at radius 3 is 1.86 bits per heavy atom. The number of carbonyl (C=O) groups excluding carboxylic acids is 3. The van der Waals surface area contributed by atoms with Crippen molar-refractivity contribution in [3.63, 3.8) is 0 Å². The Morgan fingerprint density at radius 2 is 1.39 bits per heavy atom. The van der Waals surface area contributed by atoms with Gasteiger partial charge in [-0.2, -0.15) is 0 Å². The molecule has 0 saturated heterocycles. The summed E-state index contributed by atoms with van der Waals surface area (Å²) in [5, 5.41) is 0. The minimum atomic E-state index is -1.14. The SMILES string of the molecule is CC(C)(C)OC(=O)C[C@H](N)C(=O)N(CC(=O)OC(C)(C)C)c1ccccc1.Cl. The predicted molar refractivity (Wildman–Crippen MR) is 110 cm³/mol. The molecule has 158 valence electrons. The highest BCUT2D eigenvalue weighted by Gasteiger charge is 2.29. The largest absolute Gasteiger partial charge is 0.460 e. The molecule has 0 aliphatic rings. The molecule has 0 unspecified atom stereocenters. The van der Waals surface area contributed by atoms with Crippen LogP contribution in [0.3, 0.4) is 0 Å². The molecule has 0 radical (unpaired) electrons. The average molecular weight is 415 g/mol. The van der Waals surface area contributed by atoms with E-state index < -0.39 is 35.1 Å². The average Bonchev–Trinajstić information content (AvgIpc) is 2.49. The molecule has 1 aromatic rings. The van der Waals surface area contributed by atoms with E-state index in [1.807, 2.05) is 0 Å². The molecule has 1 rings (SSSR count). The second-order valence-electron chi connectivity index (χ2n) is 8.24. The molecule has 1 aromatic carbocycles. The van der Waals surface area contributed by atoms with Crippen LogP contribution in [0.25, 0.3) is 0 Å². The van der Waals surface area contributed by atoms with Gasteiger partial charge in [-0.25, -0.2) is 0 Å². The fourth-order valence-electron chi connectivity index (χ4n) is 2.26. The van der Waals surface area contributed by atoms with Gasteiger partial charge in [0.15, 0.2) is 0 Å². The molecular formula is C20H31ClN2O5. The van der Waals surface area contributed by atoms with Crippen LogP contribution in [0.15, 0.2) is 30.3 Å². The lowest BCUT2D eigenvalue weighted by Crippen LogP contribution is -2.48. The Kier molecular flexibility index (Phi) is 9.64. The molecule has 7 nitrogen and oxygen atoms in total. The second-order valence-corrected chi connectivity index (χ2v) is 8.24. The molecule has 1 atom stereocenters. The van der Waals surface area contributed by atoms with Crippen molar-refractivity contribution >= 4 is 35.9 Å². The van der Waals surface area contributed by atoms with Gasteiger partial charge in [0, 0.05) is 5.69 Å². The first-order chi connectivity index (χ1) is 12.3. The standard InChI is InChI=1S/C20H30N2O5.ClH/c1-19(2,3)26-16(23)12-15(21)18(25)22(14-10-8-7-9-11-14)13-17(24)27-20(4,5)6;/h7-11,15H,12-13,21H2,1-6H3;1H/t15-;/m0./s1. The predicted octanol–water partition coefficient (Wildman–Crippen LogP) is 2.84. The Morgan fingerprint density at radius 1 is 0.929 bits per heavy atom. The third kappa shape index (κ3) is 9.71.